The molecule has 0 saturated heterocycles. The van der Waals surface area contributed by atoms with Gasteiger partial charge in [-0.05, 0) is 23.6 Å². The SMILES string of the molecule is CCCCOP(=O)(O)Oc1cccc2c1C(=O)c1cn3c(c1C2=O)C(C)c1ccccc1C3. The van der Waals surface area contributed by atoms with Gasteiger partial charge in [0.05, 0.1) is 23.3 Å². The highest BCUT2D eigenvalue weighted by atomic mass is 31.2. The van der Waals surface area contributed by atoms with Crippen LogP contribution in [0.1, 0.15) is 81.3 Å². The van der Waals surface area contributed by atoms with Gasteiger partial charge in [0.2, 0.25) is 0 Å². The average Bonchev–Trinajstić information content (AvgIpc) is 3.17. The van der Waals surface area contributed by atoms with Gasteiger partial charge in [0.1, 0.15) is 5.75 Å². The molecule has 8 heteroatoms. The largest absolute Gasteiger partial charge is 0.527 e. The zero-order valence-corrected chi connectivity index (χ0v) is 19.3. The minimum atomic E-state index is -4.45. The predicted octanol–water partition coefficient (Wildman–Crippen LogP) is 5.07. The van der Waals surface area contributed by atoms with Crippen LogP contribution in [0, 0.1) is 0 Å². The zero-order valence-electron chi connectivity index (χ0n) is 18.4. The van der Waals surface area contributed by atoms with Gasteiger partial charge < -0.3 is 9.09 Å². The summed E-state index contributed by atoms with van der Waals surface area (Å²) in [5, 5.41) is 0. The van der Waals surface area contributed by atoms with Crippen LogP contribution in [-0.2, 0) is 15.6 Å². The molecule has 170 valence electrons. The highest BCUT2D eigenvalue weighted by molar-refractivity contribution is 7.47. The summed E-state index contributed by atoms with van der Waals surface area (Å²) in [5.74, 6) is -0.869. The lowest BCUT2D eigenvalue weighted by molar-refractivity contribution is 0.0976. The number of carbonyl (C=O) groups excluding carboxylic acids is 2. The number of phosphoric ester groups is 1. The molecule has 5 rings (SSSR count). The van der Waals surface area contributed by atoms with Gasteiger partial charge in [0, 0.05) is 29.9 Å². The molecule has 2 atom stereocenters. The molecule has 0 amide bonds. The molecule has 2 aliphatic rings. The van der Waals surface area contributed by atoms with E-state index in [9.17, 15) is 19.0 Å². The van der Waals surface area contributed by atoms with Gasteiger partial charge in [0.25, 0.3) is 0 Å². The molecular weight excluding hydrogens is 441 g/mol. The minimum Gasteiger partial charge on any atom is -0.403 e. The Bertz CT molecular complexity index is 1340. The highest BCUT2D eigenvalue weighted by Crippen LogP contribution is 2.48. The lowest BCUT2D eigenvalue weighted by Crippen LogP contribution is -2.23. The molecule has 1 aliphatic carbocycles. The van der Waals surface area contributed by atoms with Crippen LogP contribution >= 0.6 is 7.82 Å². The molecule has 1 aliphatic heterocycles. The molecule has 7 nitrogen and oxygen atoms in total. The van der Waals surface area contributed by atoms with Crippen LogP contribution in [0.5, 0.6) is 5.75 Å². The Labute approximate surface area is 191 Å². The predicted molar refractivity (Wildman–Crippen MR) is 122 cm³/mol. The van der Waals surface area contributed by atoms with E-state index in [0.717, 1.165) is 23.2 Å². The van der Waals surface area contributed by atoms with Gasteiger partial charge in [-0.3, -0.25) is 19.0 Å². The summed E-state index contributed by atoms with van der Waals surface area (Å²) in [6.07, 6.45) is 3.10. The van der Waals surface area contributed by atoms with Crippen molar-refractivity contribution in [3.63, 3.8) is 0 Å². The fourth-order valence-electron chi connectivity index (χ4n) is 4.78. The Morgan fingerprint density at radius 3 is 2.61 bits per heavy atom. The van der Waals surface area contributed by atoms with Gasteiger partial charge in [-0.25, -0.2) is 4.57 Å². The lowest BCUT2D eigenvalue weighted by Gasteiger charge is -2.27. The maximum atomic E-state index is 13.6. The summed E-state index contributed by atoms with van der Waals surface area (Å²) in [4.78, 5) is 37.3. The number of hydrogen-bond donors (Lipinski definition) is 1. The molecule has 33 heavy (non-hydrogen) atoms. The van der Waals surface area contributed by atoms with Gasteiger partial charge >= 0.3 is 7.82 Å². The Hall–Kier alpha value is -2.99. The second kappa shape index (κ2) is 8.10. The number of ketones is 2. The monoisotopic (exact) mass is 465 g/mol. The van der Waals surface area contributed by atoms with Crippen molar-refractivity contribution in [2.24, 2.45) is 0 Å². The Morgan fingerprint density at radius 2 is 1.82 bits per heavy atom. The average molecular weight is 465 g/mol. The van der Waals surface area contributed by atoms with E-state index in [1.807, 2.05) is 30.5 Å². The third-order valence-corrected chi connectivity index (χ3v) is 7.26. The van der Waals surface area contributed by atoms with Crippen molar-refractivity contribution in [3.05, 3.63) is 87.7 Å². The number of fused-ring (bicyclic) bond motifs is 5. The number of hydrogen-bond acceptors (Lipinski definition) is 5. The number of phosphoric acid groups is 1. The highest BCUT2D eigenvalue weighted by Gasteiger charge is 2.40. The summed E-state index contributed by atoms with van der Waals surface area (Å²) in [6, 6.07) is 12.6. The van der Waals surface area contributed by atoms with E-state index < -0.39 is 13.6 Å². The second-order valence-electron chi connectivity index (χ2n) is 8.43. The Morgan fingerprint density at radius 1 is 1.06 bits per heavy atom. The van der Waals surface area contributed by atoms with Crippen molar-refractivity contribution in [1.29, 1.82) is 0 Å². The normalized spacial score (nSPS) is 18.1. The van der Waals surface area contributed by atoms with E-state index in [-0.39, 0.29) is 40.7 Å². The number of rotatable bonds is 6. The zero-order chi connectivity index (χ0) is 23.3. The van der Waals surface area contributed by atoms with Crippen molar-refractivity contribution in [1.82, 2.24) is 4.57 Å². The first-order chi connectivity index (χ1) is 15.8. The quantitative estimate of drug-likeness (QED) is 0.316. The number of carbonyl (C=O) groups is 2. The van der Waals surface area contributed by atoms with E-state index in [2.05, 4.69) is 12.1 Å². The van der Waals surface area contributed by atoms with Crippen molar-refractivity contribution >= 4 is 19.4 Å². The summed E-state index contributed by atoms with van der Waals surface area (Å²) < 4.78 is 24.6. The molecular formula is C25H24NO6P. The van der Waals surface area contributed by atoms with E-state index in [1.54, 1.807) is 12.3 Å². The molecule has 0 spiro atoms. The van der Waals surface area contributed by atoms with Crippen LogP contribution in [0.3, 0.4) is 0 Å². The third kappa shape index (κ3) is 3.57. The summed E-state index contributed by atoms with van der Waals surface area (Å²) in [6.45, 7) is 4.59. The first kappa shape index (κ1) is 21.8. The van der Waals surface area contributed by atoms with E-state index in [4.69, 9.17) is 9.05 Å². The summed E-state index contributed by atoms with van der Waals surface area (Å²) >= 11 is 0. The van der Waals surface area contributed by atoms with E-state index in [0.29, 0.717) is 18.5 Å². The Kier molecular flexibility index (Phi) is 5.36. The molecule has 0 bridgehead atoms. The molecule has 3 aromatic rings. The van der Waals surface area contributed by atoms with Crippen molar-refractivity contribution in [2.75, 3.05) is 6.61 Å². The molecule has 2 aromatic carbocycles. The van der Waals surface area contributed by atoms with Crippen molar-refractivity contribution in [3.8, 4) is 5.75 Å². The van der Waals surface area contributed by atoms with Crippen LogP contribution in [-0.4, -0.2) is 27.6 Å². The van der Waals surface area contributed by atoms with Crippen LogP contribution in [0.4, 0.5) is 0 Å². The standard InChI is InChI=1S/C25H24NO6P/c1-3-4-12-31-33(29,30)32-20-11-7-10-18-21(20)25(28)19-14-26-13-16-8-5-6-9-17(16)15(2)23(26)22(19)24(18)27/h5-11,14-15H,3-4,12-13H2,1-2H3,(H,29,30). The lowest BCUT2D eigenvalue weighted by atomic mass is 9.81. The van der Waals surface area contributed by atoms with Crippen LogP contribution in [0.25, 0.3) is 0 Å². The molecule has 1 aromatic heterocycles. The van der Waals surface area contributed by atoms with Gasteiger partial charge in [-0.2, -0.15) is 0 Å². The molecule has 0 fully saturated rings. The topological polar surface area (TPSA) is 94.8 Å². The Balaban J connectivity index is 1.56. The molecule has 0 radical (unpaired) electrons. The minimum absolute atomic E-state index is 0.00326. The molecule has 2 unspecified atom stereocenters. The number of benzene rings is 2. The van der Waals surface area contributed by atoms with Crippen molar-refractivity contribution in [2.45, 2.75) is 39.2 Å². The van der Waals surface area contributed by atoms with Crippen LogP contribution in [0.2, 0.25) is 0 Å². The fraction of sp³-hybridized carbons (Fsp3) is 0.280. The number of aromatic nitrogens is 1. The number of unbranched alkanes of at least 4 members (excludes halogenated alkanes) is 1. The maximum absolute atomic E-state index is 13.6. The second-order valence-corrected chi connectivity index (χ2v) is 9.81. The van der Waals surface area contributed by atoms with Gasteiger partial charge in [-0.15, -0.1) is 0 Å². The van der Waals surface area contributed by atoms with Gasteiger partial charge in [0.15, 0.2) is 11.6 Å². The molecule has 0 saturated carbocycles. The van der Waals surface area contributed by atoms with Gasteiger partial charge in [-0.1, -0.05) is 56.7 Å². The van der Waals surface area contributed by atoms with Crippen molar-refractivity contribution < 1.29 is 28.1 Å². The van der Waals surface area contributed by atoms with E-state index in [1.165, 1.54) is 12.1 Å². The summed E-state index contributed by atoms with van der Waals surface area (Å²) in [7, 11) is -4.45. The first-order valence-electron chi connectivity index (χ1n) is 11.0. The van der Waals surface area contributed by atoms with Crippen LogP contribution < -0.4 is 4.52 Å². The summed E-state index contributed by atoms with van der Waals surface area (Å²) in [5.41, 5.74) is 3.96. The number of nitrogens with zero attached hydrogens (tertiary/aromatic N) is 1. The molecule has 2 heterocycles. The van der Waals surface area contributed by atoms with Crippen LogP contribution in [0.15, 0.2) is 48.7 Å². The fourth-order valence-corrected chi connectivity index (χ4v) is 5.60. The third-order valence-electron chi connectivity index (χ3n) is 6.33. The maximum Gasteiger partial charge on any atom is 0.527 e. The molecule has 1 N–H and O–H groups in total. The smallest absolute Gasteiger partial charge is 0.403 e. The first-order valence-corrected chi connectivity index (χ1v) is 12.5. The van der Waals surface area contributed by atoms with E-state index >= 15 is 0 Å².